The lowest BCUT2D eigenvalue weighted by atomic mass is 10.2. The molecule has 0 aliphatic heterocycles. The highest BCUT2D eigenvalue weighted by Crippen LogP contribution is 2.21. The average Bonchev–Trinajstić information content (AvgIpc) is 2.42. The van der Waals surface area contributed by atoms with Gasteiger partial charge in [-0.1, -0.05) is 22.0 Å². The Bertz CT molecular complexity index is 708. The molecule has 1 unspecified atom stereocenters. The first kappa shape index (κ1) is 15.1. The van der Waals surface area contributed by atoms with Crippen LogP contribution in [0, 0.1) is 5.82 Å². The number of benzene rings is 1. The lowest BCUT2D eigenvalue weighted by Crippen LogP contribution is -2.28. The predicted octanol–water partition coefficient (Wildman–Crippen LogP) is 3.02. The Labute approximate surface area is 125 Å². The topological polar surface area (TPSA) is 59.1 Å². The number of hydrogen-bond acceptors (Lipinski definition) is 3. The van der Waals surface area contributed by atoms with Crippen molar-refractivity contribution >= 4 is 26.0 Å². The second-order valence-corrected chi connectivity index (χ2v) is 6.77. The van der Waals surface area contributed by atoms with Crippen LogP contribution in [-0.4, -0.2) is 13.4 Å². The zero-order chi connectivity index (χ0) is 14.8. The van der Waals surface area contributed by atoms with Gasteiger partial charge < -0.3 is 0 Å². The second-order valence-electron chi connectivity index (χ2n) is 4.17. The van der Waals surface area contributed by atoms with Gasteiger partial charge in [-0.05, 0) is 37.3 Å². The van der Waals surface area contributed by atoms with Crippen molar-refractivity contribution in [1.29, 1.82) is 0 Å². The van der Waals surface area contributed by atoms with Crippen LogP contribution in [0.25, 0.3) is 0 Å². The Morgan fingerprint density at radius 2 is 2.05 bits per heavy atom. The first-order valence-corrected chi connectivity index (χ1v) is 8.06. The lowest BCUT2D eigenvalue weighted by Gasteiger charge is -2.14. The third-order valence-electron chi connectivity index (χ3n) is 2.65. The maximum absolute atomic E-state index is 13.7. The molecule has 0 amide bonds. The summed E-state index contributed by atoms with van der Waals surface area (Å²) in [6.45, 7) is 1.65. The summed E-state index contributed by atoms with van der Waals surface area (Å²) in [6.07, 6.45) is 1.57. The van der Waals surface area contributed by atoms with Gasteiger partial charge in [0, 0.05) is 10.7 Å². The molecule has 4 nitrogen and oxygen atoms in total. The smallest absolute Gasteiger partial charge is 0.244 e. The van der Waals surface area contributed by atoms with Crippen LogP contribution in [0.15, 0.2) is 52.0 Å². The van der Waals surface area contributed by atoms with Crippen molar-refractivity contribution in [3.05, 3.63) is 58.6 Å². The van der Waals surface area contributed by atoms with Crippen molar-refractivity contribution in [1.82, 2.24) is 9.71 Å². The van der Waals surface area contributed by atoms with Crippen molar-refractivity contribution in [3.63, 3.8) is 0 Å². The third kappa shape index (κ3) is 3.41. The van der Waals surface area contributed by atoms with E-state index in [2.05, 4.69) is 25.6 Å². The summed E-state index contributed by atoms with van der Waals surface area (Å²) in [4.78, 5) is 3.67. The summed E-state index contributed by atoms with van der Waals surface area (Å²) in [5.41, 5.74) is 0.562. The third-order valence-corrected chi connectivity index (χ3v) is 4.70. The zero-order valence-corrected chi connectivity index (χ0v) is 12.9. The summed E-state index contributed by atoms with van der Waals surface area (Å²) in [5, 5.41) is 0. The number of nitrogens with zero attached hydrogens (tertiary/aromatic N) is 1. The molecule has 7 heteroatoms. The Morgan fingerprint density at radius 3 is 2.70 bits per heavy atom. The van der Waals surface area contributed by atoms with Gasteiger partial charge >= 0.3 is 0 Å². The van der Waals surface area contributed by atoms with E-state index >= 15 is 0 Å². The van der Waals surface area contributed by atoms with Gasteiger partial charge in [0.1, 0.15) is 10.7 Å². The van der Waals surface area contributed by atoms with Gasteiger partial charge in [-0.25, -0.2) is 17.5 Å². The molecule has 0 saturated heterocycles. The number of halogens is 2. The van der Waals surface area contributed by atoms with Gasteiger partial charge in [0.05, 0.1) is 11.7 Å². The average molecular weight is 359 g/mol. The molecule has 1 aromatic carbocycles. The van der Waals surface area contributed by atoms with Gasteiger partial charge in [-0.15, -0.1) is 0 Å². The van der Waals surface area contributed by atoms with Crippen molar-refractivity contribution in [2.75, 3.05) is 0 Å². The van der Waals surface area contributed by atoms with Crippen LogP contribution < -0.4 is 4.72 Å². The van der Waals surface area contributed by atoms with Crippen LogP contribution in [0.5, 0.6) is 0 Å². The molecular formula is C13H12BrFN2O2S. The summed E-state index contributed by atoms with van der Waals surface area (Å²) in [6, 6.07) is 8.40. The SMILES string of the molecule is CC(NS(=O)(=O)c1cc(Br)ccc1F)c1ccccn1. The second kappa shape index (κ2) is 5.99. The van der Waals surface area contributed by atoms with Gasteiger partial charge in [0.2, 0.25) is 10.0 Å². The Balaban J connectivity index is 2.30. The predicted molar refractivity (Wildman–Crippen MR) is 77.1 cm³/mol. The number of aromatic nitrogens is 1. The quantitative estimate of drug-likeness (QED) is 0.913. The van der Waals surface area contributed by atoms with Crippen molar-refractivity contribution < 1.29 is 12.8 Å². The molecule has 0 saturated carbocycles. The first-order valence-electron chi connectivity index (χ1n) is 5.78. The minimum Gasteiger partial charge on any atom is -0.260 e. The minimum atomic E-state index is -3.96. The number of sulfonamides is 1. The number of rotatable bonds is 4. The van der Waals surface area contributed by atoms with Crippen molar-refractivity contribution in [3.8, 4) is 0 Å². The first-order chi connectivity index (χ1) is 9.40. The van der Waals surface area contributed by atoms with Gasteiger partial charge in [-0.2, -0.15) is 0 Å². The molecule has 0 fully saturated rings. The molecule has 1 N–H and O–H groups in total. The molecule has 2 aromatic rings. The summed E-state index contributed by atoms with van der Waals surface area (Å²) < 4.78 is 40.9. The molecular weight excluding hydrogens is 347 g/mol. The van der Waals surface area contributed by atoms with Crippen molar-refractivity contribution in [2.24, 2.45) is 0 Å². The zero-order valence-electron chi connectivity index (χ0n) is 10.5. The molecule has 20 heavy (non-hydrogen) atoms. The maximum Gasteiger partial charge on any atom is 0.244 e. The van der Waals surface area contributed by atoms with Crippen LogP contribution in [0.1, 0.15) is 18.7 Å². The standard InChI is InChI=1S/C13H12BrFN2O2S/c1-9(12-4-2-3-7-16-12)17-20(18,19)13-8-10(14)5-6-11(13)15/h2-9,17H,1H3. The maximum atomic E-state index is 13.7. The van der Waals surface area contributed by atoms with E-state index < -0.39 is 26.8 Å². The van der Waals surface area contributed by atoms with Gasteiger partial charge in [-0.3, -0.25) is 4.98 Å². The molecule has 0 radical (unpaired) electrons. The van der Waals surface area contributed by atoms with E-state index in [9.17, 15) is 12.8 Å². The van der Waals surface area contributed by atoms with Crippen LogP contribution in [0.2, 0.25) is 0 Å². The van der Waals surface area contributed by atoms with E-state index in [1.54, 1.807) is 31.3 Å². The molecule has 0 bridgehead atoms. The van der Waals surface area contributed by atoms with E-state index in [-0.39, 0.29) is 0 Å². The summed E-state index contributed by atoms with van der Waals surface area (Å²) >= 11 is 3.13. The number of nitrogens with one attached hydrogen (secondary N) is 1. The summed E-state index contributed by atoms with van der Waals surface area (Å²) in [5.74, 6) is -0.797. The molecule has 0 spiro atoms. The van der Waals surface area contributed by atoms with Crippen LogP contribution in [-0.2, 0) is 10.0 Å². The lowest BCUT2D eigenvalue weighted by molar-refractivity contribution is 0.544. The highest BCUT2D eigenvalue weighted by atomic mass is 79.9. The van der Waals surface area contributed by atoms with Gasteiger partial charge in [0.25, 0.3) is 0 Å². The van der Waals surface area contributed by atoms with Gasteiger partial charge in [0.15, 0.2) is 0 Å². The molecule has 106 valence electrons. The molecule has 1 atom stereocenters. The van der Waals surface area contributed by atoms with E-state index in [0.29, 0.717) is 10.2 Å². The highest BCUT2D eigenvalue weighted by molar-refractivity contribution is 9.10. The molecule has 0 aliphatic carbocycles. The number of pyridine rings is 1. The Morgan fingerprint density at radius 1 is 1.30 bits per heavy atom. The fraction of sp³-hybridized carbons (Fsp3) is 0.154. The van der Waals surface area contributed by atoms with Crippen LogP contribution >= 0.6 is 15.9 Å². The molecule has 2 rings (SSSR count). The molecule has 0 aliphatic rings. The Hall–Kier alpha value is -1.31. The monoisotopic (exact) mass is 358 g/mol. The molecule has 1 aromatic heterocycles. The van der Waals surface area contributed by atoms with Crippen molar-refractivity contribution in [2.45, 2.75) is 17.9 Å². The summed E-state index contributed by atoms with van der Waals surface area (Å²) in [7, 11) is -3.96. The minimum absolute atomic E-state index is 0.394. The molecule has 1 heterocycles. The number of hydrogen-bond donors (Lipinski definition) is 1. The fourth-order valence-corrected chi connectivity index (χ4v) is 3.50. The van der Waals surface area contributed by atoms with Crippen LogP contribution in [0.3, 0.4) is 0 Å². The largest absolute Gasteiger partial charge is 0.260 e. The fourth-order valence-electron chi connectivity index (χ4n) is 1.67. The van der Waals surface area contributed by atoms with E-state index in [4.69, 9.17) is 0 Å². The van der Waals surface area contributed by atoms with E-state index in [0.717, 1.165) is 6.07 Å². The van der Waals surface area contributed by atoms with E-state index in [1.165, 1.54) is 12.1 Å². The highest BCUT2D eigenvalue weighted by Gasteiger charge is 2.22. The Kier molecular flexibility index (Phi) is 4.52. The normalized spacial score (nSPS) is 13.2. The van der Waals surface area contributed by atoms with Crippen LogP contribution in [0.4, 0.5) is 4.39 Å². The van der Waals surface area contributed by atoms with E-state index in [1.807, 2.05) is 0 Å².